The van der Waals surface area contributed by atoms with Crippen LogP contribution in [0.3, 0.4) is 0 Å². The van der Waals surface area contributed by atoms with E-state index in [0.717, 1.165) is 12.5 Å². The highest BCUT2D eigenvalue weighted by molar-refractivity contribution is 7.90. The summed E-state index contributed by atoms with van der Waals surface area (Å²) in [5.74, 6) is -0.487. The maximum atomic E-state index is 13.2. The average Bonchev–Trinajstić information content (AvgIpc) is 2.65. The zero-order chi connectivity index (χ0) is 22.1. The molecule has 0 fully saturated rings. The van der Waals surface area contributed by atoms with Gasteiger partial charge < -0.3 is 0 Å². The van der Waals surface area contributed by atoms with Crippen molar-refractivity contribution in [2.45, 2.75) is 24.0 Å². The molecule has 158 valence electrons. The Hall–Kier alpha value is -3.01. The molecule has 0 aliphatic carbocycles. The van der Waals surface area contributed by atoms with Crippen LogP contribution in [0.25, 0.3) is 11.1 Å². The molecule has 0 bridgehead atoms. The molecule has 0 unspecified atom stereocenters. The number of hydrogen-bond acceptors (Lipinski definition) is 4. The van der Waals surface area contributed by atoms with Gasteiger partial charge in [-0.25, -0.2) is 17.5 Å². The summed E-state index contributed by atoms with van der Waals surface area (Å²) in [7, 11) is -3.44. The third kappa shape index (κ3) is 5.12. The molecule has 1 aromatic heterocycles. The van der Waals surface area contributed by atoms with Crippen LogP contribution in [-0.2, 0) is 22.8 Å². The molecule has 0 amide bonds. The van der Waals surface area contributed by atoms with Crippen LogP contribution in [-0.4, -0.2) is 30.6 Å². The monoisotopic (exact) mass is 440 g/mol. The number of halogens is 4. The quantitative estimate of drug-likeness (QED) is 0.569. The lowest BCUT2D eigenvalue weighted by Crippen LogP contribution is -2.32. The van der Waals surface area contributed by atoms with E-state index in [0.29, 0.717) is 15.8 Å². The SMILES string of the molecule is CS(=O)(=O)c1ccc(-c2cnn(CC(F)(F)F)c(=O)c2Cc2ccc(F)cc2)cc1. The zero-order valence-corrected chi connectivity index (χ0v) is 16.5. The third-order valence-electron chi connectivity index (χ3n) is 4.36. The zero-order valence-electron chi connectivity index (χ0n) is 15.6. The van der Waals surface area contributed by atoms with Crippen LogP contribution in [0.15, 0.2) is 64.4 Å². The van der Waals surface area contributed by atoms with Crippen molar-refractivity contribution in [1.29, 1.82) is 0 Å². The van der Waals surface area contributed by atoms with E-state index in [1.165, 1.54) is 48.5 Å². The lowest BCUT2D eigenvalue weighted by Gasteiger charge is -2.14. The predicted octanol–water partition coefficient (Wildman–Crippen LogP) is 3.61. The van der Waals surface area contributed by atoms with Crippen molar-refractivity contribution < 1.29 is 26.0 Å². The molecule has 30 heavy (non-hydrogen) atoms. The average molecular weight is 440 g/mol. The minimum Gasteiger partial charge on any atom is -0.267 e. The van der Waals surface area contributed by atoms with Gasteiger partial charge >= 0.3 is 6.18 Å². The van der Waals surface area contributed by atoms with Gasteiger partial charge in [-0.3, -0.25) is 4.79 Å². The van der Waals surface area contributed by atoms with Crippen LogP contribution >= 0.6 is 0 Å². The molecule has 1 heterocycles. The maximum absolute atomic E-state index is 13.2. The predicted molar refractivity (Wildman–Crippen MR) is 102 cm³/mol. The molecule has 0 saturated heterocycles. The minimum atomic E-state index is -4.64. The Morgan fingerprint density at radius 3 is 2.13 bits per heavy atom. The molecule has 0 N–H and O–H groups in total. The Morgan fingerprint density at radius 1 is 1.00 bits per heavy atom. The molecular weight excluding hydrogens is 424 g/mol. The van der Waals surface area contributed by atoms with Crippen molar-refractivity contribution >= 4 is 9.84 Å². The molecule has 0 aliphatic heterocycles. The number of alkyl halides is 3. The van der Waals surface area contributed by atoms with E-state index in [-0.39, 0.29) is 22.4 Å². The van der Waals surface area contributed by atoms with Crippen molar-refractivity contribution in [2.24, 2.45) is 0 Å². The fraction of sp³-hybridized carbons (Fsp3) is 0.200. The van der Waals surface area contributed by atoms with E-state index < -0.39 is 33.9 Å². The summed E-state index contributed by atoms with van der Waals surface area (Å²) in [6.45, 7) is -1.55. The minimum absolute atomic E-state index is 0.0352. The first-order valence-corrected chi connectivity index (χ1v) is 10.5. The Balaban J connectivity index is 2.12. The first kappa shape index (κ1) is 21.7. The second kappa shape index (κ2) is 8.02. The topological polar surface area (TPSA) is 69.0 Å². The fourth-order valence-corrected chi connectivity index (χ4v) is 3.55. The van der Waals surface area contributed by atoms with E-state index in [4.69, 9.17) is 0 Å². The standard InChI is InChI=1S/C20H16F4N2O3S/c1-30(28,29)16-8-4-14(5-9-16)18-11-25-26(12-20(22,23)24)19(27)17(18)10-13-2-6-15(21)7-3-13/h2-9,11H,10,12H2,1H3. The van der Waals surface area contributed by atoms with E-state index in [1.807, 2.05) is 0 Å². The lowest BCUT2D eigenvalue weighted by atomic mass is 9.97. The van der Waals surface area contributed by atoms with E-state index in [2.05, 4.69) is 5.10 Å². The second-order valence-electron chi connectivity index (χ2n) is 6.71. The van der Waals surface area contributed by atoms with Gasteiger partial charge in [0.05, 0.1) is 11.1 Å². The lowest BCUT2D eigenvalue weighted by molar-refractivity contribution is -0.143. The number of hydrogen-bond donors (Lipinski definition) is 0. The second-order valence-corrected chi connectivity index (χ2v) is 8.73. The summed E-state index contributed by atoms with van der Waals surface area (Å²) in [5.41, 5.74) is 0.313. The Morgan fingerprint density at radius 2 is 1.60 bits per heavy atom. The van der Waals surface area contributed by atoms with Crippen LogP contribution in [0.1, 0.15) is 11.1 Å². The number of aromatic nitrogens is 2. The first-order chi connectivity index (χ1) is 13.9. The molecule has 5 nitrogen and oxygen atoms in total. The molecular formula is C20H16F4N2O3S. The molecule has 0 spiro atoms. The van der Waals surface area contributed by atoms with Crippen molar-refractivity contribution in [3.8, 4) is 11.1 Å². The summed E-state index contributed by atoms with van der Waals surface area (Å²) in [5, 5.41) is 3.63. The molecule has 10 heteroatoms. The van der Waals surface area contributed by atoms with Crippen LogP contribution in [0.2, 0.25) is 0 Å². The molecule has 3 rings (SSSR count). The largest absolute Gasteiger partial charge is 0.408 e. The molecule has 3 aromatic rings. The normalized spacial score (nSPS) is 12.2. The van der Waals surface area contributed by atoms with E-state index >= 15 is 0 Å². The summed E-state index contributed by atoms with van der Waals surface area (Å²) in [6, 6.07) is 10.8. The first-order valence-electron chi connectivity index (χ1n) is 8.65. The van der Waals surface area contributed by atoms with E-state index in [9.17, 15) is 30.8 Å². The van der Waals surface area contributed by atoms with Gasteiger partial charge in [0.15, 0.2) is 9.84 Å². The summed E-state index contributed by atoms with van der Waals surface area (Å²) < 4.78 is 75.2. The van der Waals surface area contributed by atoms with Gasteiger partial charge in [-0.05, 0) is 35.4 Å². The highest BCUT2D eigenvalue weighted by Gasteiger charge is 2.30. The smallest absolute Gasteiger partial charge is 0.267 e. The molecule has 0 atom stereocenters. The van der Waals surface area contributed by atoms with Gasteiger partial charge in [0.1, 0.15) is 12.4 Å². The van der Waals surface area contributed by atoms with Gasteiger partial charge in [0.2, 0.25) is 0 Å². The number of sulfone groups is 1. The number of nitrogens with zero attached hydrogens (tertiary/aromatic N) is 2. The maximum Gasteiger partial charge on any atom is 0.408 e. The van der Waals surface area contributed by atoms with Crippen molar-refractivity contribution in [3.05, 3.63) is 82.0 Å². The number of benzene rings is 2. The number of rotatable bonds is 5. The fourth-order valence-electron chi connectivity index (χ4n) is 2.92. The molecule has 0 aliphatic rings. The summed E-state index contributed by atoms with van der Waals surface area (Å²) >= 11 is 0. The van der Waals surface area contributed by atoms with Gasteiger partial charge in [0.25, 0.3) is 5.56 Å². The van der Waals surface area contributed by atoms with Crippen molar-refractivity contribution in [3.63, 3.8) is 0 Å². The van der Waals surface area contributed by atoms with Gasteiger partial charge in [-0.2, -0.15) is 18.3 Å². The Kier molecular flexibility index (Phi) is 5.80. The van der Waals surface area contributed by atoms with Crippen molar-refractivity contribution in [1.82, 2.24) is 9.78 Å². The van der Waals surface area contributed by atoms with Crippen LogP contribution in [0.5, 0.6) is 0 Å². The Bertz CT molecular complexity index is 1220. The van der Waals surface area contributed by atoms with Crippen LogP contribution in [0, 0.1) is 5.82 Å². The van der Waals surface area contributed by atoms with Gasteiger partial charge in [0, 0.05) is 23.8 Å². The summed E-state index contributed by atoms with van der Waals surface area (Å²) in [4.78, 5) is 12.8. The van der Waals surface area contributed by atoms with Crippen LogP contribution < -0.4 is 5.56 Å². The Labute approximate surface area is 169 Å². The van der Waals surface area contributed by atoms with E-state index in [1.54, 1.807) is 0 Å². The van der Waals surface area contributed by atoms with Gasteiger partial charge in [-0.1, -0.05) is 24.3 Å². The highest BCUT2D eigenvalue weighted by Crippen LogP contribution is 2.25. The van der Waals surface area contributed by atoms with Gasteiger partial charge in [-0.15, -0.1) is 0 Å². The molecule has 2 aromatic carbocycles. The van der Waals surface area contributed by atoms with Crippen LogP contribution in [0.4, 0.5) is 17.6 Å². The van der Waals surface area contributed by atoms with Crippen molar-refractivity contribution in [2.75, 3.05) is 6.26 Å². The molecule has 0 saturated carbocycles. The highest BCUT2D eigenvalue weighted by atomic mass is 32.2. The summed E-state index contributed by atoms with van der Waals surface area (Å²) in [6.07, 6.45) is -2.51. The third-order valence-corrected chi connectivity index (χ3v) is 5.49. The molecule has 0 radical (unpaired) electrons.